The first-order valence-electron chi connectivity index (χ1n) is 4.46. The van der Waals surface area contributed by atoms with E-state index in [1.807, 2.05) is 11.4 Å². The third-order valence-electron chi connectivity index (χ3n) is 2.20. The maximum Gasteiger partial charge on any atom is 0.0884 e. The highest BCUT2D eigenvalue weighted by Gasteiger charge is 2.26. The molecular formula is C9H14BrNO3S. The van der Waals surface area contributed by atoms with Crippen LogP contribution >= 0.6 is 27.3 Å². The van der Waals surface area contributed by atoms with E-state index in [2.05, 4.69) is 21.2 Å². The highest BCUT2D eigenvalue weighted by atomic mass is 79.9. The van der Waals surface area contributed by atoms with Gasteiger partial charge >= 0.3 is 0 Å². The number of rotatable bonds is 6. The lowest BCUT2D eigenvalue weighted by Crippen LogP contribution is -2.54. The van der Waals surface area contributed by atoms with Gasteiger partial charge < -0.3 is 20.6 Å². The summed E-state index contributed by atoms with van der Waals surface area (Å²) in [7, 11) is 0. The summed E-state index contributed by atoms with van der Waals surface area (Å²) in [4.78, 5) is 0. The molecule has 1 aromatic rings. The molecule has 1 aromatic heterocycles. The average molecular weight is 296 g/mol. The van der Waals surface area contributed by atoms with E-state index in [4.69, 9.17) is 15.3 Å². The lowest BCUT2D eigenvalue weighted by atomic mass is 10.0. The zero-order chi connectivity index (χ0) is 11.3. The number of aliphatic hydroxyl groups is 3. The van der Waals surface area contributed by atoms with Gasteiger partial charge in [-0.3, -0.25) is 0 Å². The molecule has 0 saturated heterocycles. The zero-order valence-corrected chi connectivity index (χ0v) is 10.5. The smallest absolute Gasteiger partial charge is 0.0884 e. The number of thiophene rings is 1. The molecule has 86 valence electrons. The number of hydrogen-bond donors (Lipinski definition) is 4. The predicted octanol–water partition coefficient (Wildman–Crippen LogP) is 0.316. The van der Waals surface area contributed by atoms with E-state index in [-0.39, 0.29) is 19.8 Å². The van der Waals surface area contributed by atoms with Crippen molar-refractivity contribution >= 4 is 27.3 Å². The lowest BCUT2D eigenvalue weighted by molar-refractivity contribution is 0.0414. The molecule has 0 amide bonds. The van der Waals surface area contributed by atoms with Crippen LogP contribution in [0.2, 0.25) is 0 Å². The van der Waals surface area contributed by atoms with Crippen LogP contribution in [0.1, 0.15) is 5.56 Å². The van der Waals surface area contributed by atoms with Crippen molar-refractivity contribution in [1.82, 2.24) is 5.32 Å². The van der Waals surface area contributed by atoms with E-state index in [9.17, 15) is 0 Å². The van der Waals surface area contributed by atoms with Crippen molar-refractivity contribution in [3.8, 4) is 0 Å². The van der Waals surface area contributed by atoms with Gasteiger partial charge in [-0.1, -0.05) is 0 Å². The molecule has 0 aromatic carbocycles. The number of halogens is 1. The fraction of sp³-hybridized carbons (Fsp3) is 0.556. The predicted molar refractivity (Wildman–Crippen MR) is 62.8 cm³/mol. The van der Waals surface area contributed by atoms with Crippen LogP contribution in [-0.4, -0.2) is 40.7 Å². The topological polar surface area (TPSA) is 72.7 Å². The van der Waals surface area contributed by atoms with Crippen molar-refractivity contribution in [1.29, 1.82) is 0 Å². The maximum absolute atomic E-state index is 9.07. The molecule has 6 heteroatoms. The van der Waals surface area contributed by atoms with Crippen LogP contribution in [0, 0.1) is 0 Å². The molecule has 1 heterocycles. The summed E-state index contributed by atoms with van der Waals surface area (Å²) < 4.78 is 1.03. The second-order valence-corrected chi connectivity index (χ2v) is 5.66. The van der Waals surface area contributed by atoms with Crippen LogP contribution in [0.3, 0.4) is 0 Å². The summed E-state index contributed by atoms with van der Waals surface area (Å²) in [6.45, 7) is -0.397. The number of aliphatic hydroxyl groups excluding tert-OH is 3. The normalized spacial score (nSPS) is 12.0. The Balaban J connectivity index is 2.54. The molecule has 0 aliphatic heterocycles. The van der Waals surface area contributed by atoms with Gasteiger partial charge in [0.25, 0.3) is 0 Å². The SMILES string of the molecule is OCC(CO)(CO)NCc1csc(Br)c1. The standard InChI is InChI=1S/C9H14BrNO3S/c10-8-1-7(3-15-8)2-11-9(4-12,5-13)6-14/h1,3,11-14H,2,4-6H2. The third kappa shape index (κ3) is 3.51. The summed E-state index contributed by atoms with van der Waals surface area (Å²) in [5, 5.41) is 32.1. The Bertz CT molecular complexity index is 293. The van der Waals surface area contributed by atoms with Crippen molar-refractivity contribution in [2.24, 2.45) is 0 Å². The van der Waals surface area contributed by atoms with Crippen LogP contribution in [-0.2, 0) is 6.54 Å². The minimum atomic E-state index is -1.01. The summed E-state index contributed by atoms with van der Waals surface area (Å²) in [5.74, 6) is 0. The first-order valence-corrected chi connectivity index (χ1v) is 6.13. The Morgan fingerprint density at radius 2 is 1.87 bits per heavy atom. The second-order valence-electron chi connectivity index (χ2n) is 3.37. The van der Waals surface area contributed by atoms with Crippen molar-refractivity contribution in [2.45, 2.75) is 12.1 Å². The first-order chi connectivity index (χ1) is 7.15. The van der Waals surface area contributed by atoms with Gasteiger partial charge in [-0.15, -0.1) is 11.3 Å². The fourth-order valence-electron chi connectivity index (χ4n) is 1.05. The molecule has 0 aliphatic rings. The van der Waals surface area contributed by atoms with Crippen molar-refractivity contribution in [3.05, 3.63) is 20.8 Å². The van der Waals surface area contributed by atoms with Gasteiger partial charge in [0.05, 0.1) is 29.1 Å². The summed E-state index contributed by atoms with van der Waals surface area (Å²) in [6, 6.07) is 1.95. The van der Waals surface area contributed by atoms with Crippen molar-refractivity contribution in [2.75, 3.05) is 19.8 Å². The first kappa shape index (κ1) is 13.1. The summed E-state index contributed by atoms with van der Waals surface area (Å²) in [6.07, 6.45) is 0. The van der Waals surface area contributed by atoms with E-state index < -0.39 is 5.54 Å². The lowest BCUT2D eigenvalue weighted by Gasteiger charge is -2.28. The summed E-state index contributed by atoms with van der Waals surface area (Å²) in [5.41, 5.74) is 0.0422. The Hall–Kier alpha value is 0.0200. The molecule has 1 rings (SSSR count). The van der Waals surface area contributed by atoms with Gasteiger partial charge in [-0.2, -0.15) is 0 Å². The monoisotopic (exact) mass is 295 g/mol. The summed E-state index contributed by atoms with van der Waals surface area (Å²) >= 11 is 4.91. The highest BCUT2D eigenvalue weighted by molar-refractivity contribution is 9.11. The van der Waals surface area contributed by atoms with Crippen LogP contribution in [0.5, 0.6) is 0 Å². The van der Waals surface area contributed by atoms with E-state index in [1.54, 1.807) is 11.3 Å². The molecule has 0 spiro atoms. The molecule has 0 fully saturated rings. The average Bonchev–Trinajstić information content (AvgIpc) is 2.67. The molecule has 0 atom stereocenters. The quantitative estimate of drug-likeness (QED) is 0.610. The largest absolute Gasteiger partial charge is 0.394 e. The van der Waals surface area contributed by atoms with Gasteiger partial charge in [0.1, 0.15) is 0 Å². The molecule has 0 saturated carbocycles. The fourth-order valence-corrected chi connectivity index (χ4v) is 2.25. The minimum Gasteiger partial charge on any atom is -0.394 e. The van der Waals surface area contributed by atoms with Gasteiger partial charge in [0, 0.05) is 6.54 Å². The number of hydrogen-bond acceptors (Lipinski definition) is 5. The van der Waals surface area contributed by atoms with E-state index in [1.165, 1.54) is 0 Å². The molecule has 0 radical (unpaired) electrons. The Labute approximate surface area is 101 Å². The van der Waals surface area contributed by atoms with Crippen LogP contribution in [0.15, 0.2) is 15.2 Å². The zero-order valence-electron chi connectivity index (χ0n) is 8.11. The van der Waals surface area contributed by atoms with Crippen molar-refractivity contribution in [3.63, 3.8) is 0 Å². The molecule has 0 aliphatic carbocycles. The molecule has 4 N–H and O–H groups in total. The van der Waals surface area contributed by atoms with E-state index >= 15 is 0 Å². The second kappa shape index (κ2) is 5.93. The molecule has 0 unspecified atom stereocenters. The van der Waals surface area contributed by atoms with Gasteiger partial charge in [-0.25, -0.2) is 0 Å². The highest BCUT2D eigenvalue weighted by Crippen LogP contribution is 2.20. The number of nitrogens with one attached hydrogen (secondary N) is 1. The molecule has 0 bridgehead atoms. The minimum absolute atomic E-state index is 0.300. The molecule has 4 nitrogen and oxygen atoms in total. The molecular weight excluding hydrogens is 282 g/mol. The van der Waals surface area contributed by atoms with Gasteiger partial charge in [-0.05, 0) is 32.9 Å². The van der Waals surface area contributed by atoms with Gasteiger partial charge in [0.2, 0.25) is 0 Å². The van der Waals surface area contributed by atoms with E-state index in [0.717, 1.165) is 9.35 Å². The van der Waals surface area contributed by atoms with Crippen LogP contribution in [0.25, 0.3) is 0 Å². The Morgan fingerprint density at radius 3 is 2.27 bits per heavy atom. The van der Waals surface area contributed by atoms with E-state index in [0.29, 0.717) is 6.54 Å². The maximum atomic E-state index is 9.07. The van der Waals surface area contributed by atoms with Crippen molar-refractivity contribution < 1.29 is 15.3 Å². The Kier molecular flexibility index (Phi) is 5.17. The van der Waals surface area contributed by atoms with Crippen LogP contribution in [0.4, 0.5) is 0 Å². The third-order valence-corrected chi connectivity index (χ3v) is 3.75. The molecule has 15 heavy (non-hydrogen) atoms. The van der Waals surface area contributed by atoms with Crippen LogP contribution < -0.4 is 5.32 Å². The Morgan fingerprint density at radius 1 is 1.27 bits per heavy atom. The van der Waals surface area contributed by atoms with Gasteiger partial charge in [0.15, 0.2) is 0 Å².